The van der Waals surface area contributed by atoms with E-state index < -0.39 is 0 Å². The third kappa shape index (κ3) is 2.19. The number of ether oxygens (including phenoxy) is 2. The van der Waals surface area contributed by atoms with Gasteiger partial charge >= 0.3 is 0 Å². The summed E-state index contributed by atoms with van der Waals surface area (Å²) in [5.41, 5.74) is 2.89. The Balaban J connectivity index is 1.69. The van der Waals surface area contributed by atoms with Crippen LogP contribution in [-0.4, -0.2) is 25.5 Å². The molecular formula is C17H14N2O4. The average molecular weight is 310 g/mol. The van der Waals surface area contributed by atoms with Crippen LogP contribution in [0, 0.1) is 0 Å². The summed E-state index contributed by atoms with van der Waals surface area (Å²) in [5.74, 6) is 0.988. The van der Waals surface area contributed by atoms with Crippen LogP contribution in [0.5, 0.6) is 11.5 Å². The van der Waals surface area contributed by atoms with E-state index >= 15 is 0 Å². The fourth-order valence-electron chi connectivity index (χ4n) is 2.85. The first-order valence-corrected chi connectivity index (χ1v) is 7.21. The molecule has 2 heterocycles. The van der Waals surface area contributed by atoms with Crippen molar-refractivity contribution in [2.75, 3.05) is 23.9 Å². The molecule has 0 saturated heterocycles. The van der Waals surface area contributed by atoms with E-state index in [-0.39, 0.29) is 18.4 Å². The number of anilines is 2. The van der Waals surface area contributed by atoms with Gasteiger partial charge in [-0.25, -0.2) is 0 Å². The van der Waals surface area contributed by atoms with E-state index in [1.807, 2.05) is 18.2 Å². The fourth-order valence-corrected chi connectivity index (χ4v) is 2.85. The van der Waals surface area contributed by atoms with E-state index in [1.54, 1.807) is 30.2 Å². The summed E-state index contributed by atoms with van der Waals surface area (Å²) in [6.07, 6.45) is 0. The van der Waals surface area contributed by atoms with Crippen molar-refractivity contribution in [1.82, 2.24) is 0 Å². The van der Waals surface area contributed by atoms with Gasteiger partial charge in [-0.1, -0.05) is 6.07 Å². The smallest absolute Gasteiger partial charge is 0.262 e. The van der Waals surface area contributed by atoms with Crippen molar-refractivity contribution in [3.05, 3.63) is 47.5 Å². The number of benzene rings is 2. The Morgan fingerprint density at radius 1 is 1.17 bits per heavy atom. The van der Waals surface area contributed by atoms with Gasteiger partial charge in [-0.2, -0.15) is 0 Å². The summed E-state index contributed by atoms with van der Waals surface area (Å²) in [6.45, 7) is 0.506. The Labute approximate surface area is 132 Å². The molecule has 0 radical (unpaired) electrons. The summed E-state index contributed by atoms with van der Waals surface area (Å²) >= 11 is 0. The molecule has 2 aliphatic rings. The van der Waals surface area contributed by atoms with Crippen molar-refractivity contribution in [3.8, 4) is 11.5 Å². The molecule has 1 N–H and O–H groups in total. The van der Waals surface area contributed by atoms with Crippen LogP contribution in [0.3, 0.4) is 0 Å². The van der Waals surface area contributed by atoms with Gasteiger partial charge in [-0.05, 0) is 35.9 Å². The topological polar surface area (TPSA) is 67.9 Å². The molecule has 0 bridgehead atoms. The van der Waals surface area contributed by atoms with Gasteiger partial charge in [-0.3, -0.25) is 9.59 Å². The van der Waals surface area contributed by atoms with Crippen LogP contribution in [0.4, 0.5) is 11.4 Å². The minimum Gasteiger partial charge on any atom is -0.497 e. The quantitative estimate of drug-likeness (QED) is 0.923. The molecule has 2 aromatic carbocycles. The highest BCUT2D eigenvalue weighted by Crippen LogP contribution is 2.36. The van der Waals surface area contributed by atoms with Gasteiger partial charge in [0, 0.05) is 11.3 Å². The minimum atomic E-state index is -0.199. The molecular weight excluding hydrogens is 296 g/mol. The predicted molar refractivity (Wildman–Crippen MR) is 84.1 cm³/mol. The molecule has 0 atom stereocenters. The Kier molecular flexibility index (Phi) is 2.97. The third-order valence-corrected chi connectivity index (χ3v) is 4.03. The molecule has 116 valence electrons. The summed E-state index contributed by atoms with van der Waals surface area (Å²) in [7, 11) is 1.57. The molecule has 0 spiro atoms. The predicted octanol–water partition coefficient (Wildman–Crippen LogP) is 2.19. The van der Waals surface area contributed by atoms with E-state index in [4.69, 9.17) is 9.47 Å². The molecule has 23 heavy (non-hydrogen) atoms. The molecule has 4 rings (SSSR count). The number of fused-ring (bicyclic) bond motifs is 2. The Morgan fingerprint density at radius 3 is 2.87 bits per heavy atom. The van der Waals surface area contributed by atoms with Crippen molar-refractivity contribution < 1.29 is 19.1 Å². The van der Waals surface area contributed by atoms with Crippen molar-refractivity contribution in [2.24, 2.45) is 0 Å². The van der Waals surface area contributed by atoms with Crippen LogP contribution >= 0.6 is 0 Å². The van der Waals surface area contributed by atoms with Crippen LogP contribution in [-0.2, 0) is 11.3 Å². The summed E-state index contributed by atoms with van der Waals surface area (Å²) in [5, 5.41) is 2.76. The van der Waals surface area contributed by atoms with Gasteiger partial charge in [-0.15, -0.1) is 0 Å². The zero-order valence-electron chi connectivity index (χ0n) is 12.5. The van der Waals surface area contributed by atoms with E-state index in [2.05, 4.69) is 5.32 Å². The zero-order valence-corrected chi connectivity index (χ0v) is 12.5. The SMILES string of the molecule is COc1ccc2c(c1)C(=O)N(c1ccc3c(c1)NC(=O)CO3)C2. The van der Waals surface area contributed by atoms with Gasteiger partial charge < -0.3 is 19.7 Å². The molecule has 2 aliphatic heterocycles. The van der Waals surface area contributed by atoms with Crippen molar-refractivity contribution >= 4 is 23.2 Å². The lowest BCUT2D eigenvalue weighted by atomic mass is 10.1. The van der Waals surface area contributed by atoms with Gasteiger partial charge in [0.25, 0.3) is 11.8 Å². The van der Waals surface area contributed by atoms with Gasteiger partial charge in [0.15, 0.2) is 6.61 Å². The van der Waals surface area contributed by atoms with Crippen LogP contribution in [0.25, 0.3) is 0 Å². The van der Waals surface area contributed by atoms with Crippen molar-refractivity contribution in [1.29, 1.82) is 0 Å². The van der Waals surface area contributed by atoms with Gasteiger partial charge in [0.2, 0.25) is 0 Å². The van der Waals surface area contributed by atoms with Gasteiger partial charge in [0.1, 0.15) is 11.5 Å². The van der Waals surface area contributed by atoms with E-state index in [0.717, 1.165) is 11.3 Å². The normalized spacial score (nSPS) is 15.6. The number of carbonyl (C=O) groups excluding carboxylic acids is 2. The second kappa shape index (κ2) is 5.01. The van der Waals surface area contributed by atoms with Crippen LogP contribution in [0.2, 0.25) is 0 Å². The fraction of sp³-hybridized carbons (Fsp3) is 0.176. The Hall–Kier alpha value is -3.02. The number of carbonyl (C=O) groups is 2. The number of methoxy groups -OCH3 is 1. The maximum Gasteiger partial charge on any atom is 0.262 e. The molecule has 0 aliphatic carbocycles. The number of hydrogen-bond donors (Lipinski definition) is 1. The largest absolute Gasteiger partial charge is 0.497 e. The monoisotopic (exact) mass is 310 g/mol. The molecule has 6 nitrogen and oxygen atoms in total. The highest BCUT2D eigenvalue weighted by atomic mass is 16.5. The third-order valence-electron chi connectivity index (χ3n) is 4.03. The Morgan fingerprint density at radius 2 is 2.04 bits per heavy atom. The summed E-state index contributed by atoms with van der Waals surface area (Å²) in [4.78, 5) is 25.8. The molecule has 6 heteroatoms. The second-order valence-electron chi connectivity index (χ2n) is 5.43. The van der Waals surface area contributed by atoms with Crippen molar-refractivity contribution in [2.45, 2.75) is 6.54 Å². The Bertz CT molecular complexity index is 831. The number of nitrogens with one attached hydrogen (secondary N) is 1. The van der Waals surface area contributed by atoms with Crippen molar-refractivity contribution in [3.63, 3.8) is 0 Å². The highest BCUT2D eigenvalue weighted by Gasteiger charge is 2.30. The summed E-state index contributed by atoms with van der Waals surface area (Å²) < 4.78 is 10.5. The zero-order chi connectivity index (χ0) is 16.0. The molecule has 0 aromatic heterocycles. The van der Waals surface area contributed by atoms with Gasteiger partial charge in [0.05, 0.1) is 19.3 Å². The summed E-state index contributed by atoms with van der Waals surface area (Å²) in [6, 6.07) is 10.8. The first kappa shape index (κ1) is 13.6. The van der Waals surface area contributed by atoms with E-state index in [1.165, 1.54) is 0 Å². The first-order valence-electron chi connectivity index (χ1n) is 7.21. The molecule has 0 unspecified atom stereocenters. The molecule has 0 fully saturated rings. The van der Waals surface area contributed by atoms with Crippen LogP contribution in [0.15, 0.2) is 36.4 Å². The van der Waals surface area contributed by atoms with Crippen LogP contribution in [0.1, 0.15) is 15.9 Å². The van der Waals surface area contributed by atoms with Crippen LogP contribution < -0.4 is 19.7 Å². The highest BCUT2D eigenvalue weighted by molar-refractivity contribution is 6.10. The minimum absolute atomic E-state index is 0.0141. The molecule has 2 aromatic rings. The maximum atomic E-state index is 12.6. The lowest BCUT2D eigenvalue weighted by molar-refractivity contribution is -0.118. The standard InChI is InChI=1S/C17H14N2O4/c1-22-12-4-2-10-8-19(17(21)13(10)7-12)11-3-5-15-14(6-11)18-16(20)9-23-15/h2-7H,8-9H2,1H3,(H,18,20). The second-order valence-corrected chi connectivity index (χ2v) is 5.43. The lowest BCUT2D eigenvalue weighted by Crippen LogP contribution is -2.27. The number of rotatable bonds is 2. The average Bonchev–Trinajstić information content (AvgIpc) is 2.90. The lowest BCUT2D eigenvalue weighted by Gasteiger charge is -2.21. The number of nitrogens with zero attached hydrogens (tertiary/aromatic N) is 1. The number of hydrogen-bond acceptors (Lipinski definition) is 4. The van der Waals surface area contributed by atoms with E-state index in [0.29, 0.717) is 29.3 Å². The maximum absolute atomic E-state index is 12.6. The van der Waals surface area contributed by atoms with E-state index in [9.17, 15) is 9.59 Å². The molecule has 0 saturated carbocycles. The molecule has 2 amide bonds. The first-order chi connectivity index (χ1) is 11.2. The number of amides is 2.